The van der Waals surface area contributed by atoms with Crippen molar-refractivity contribution in [3.8, 4) is 0 Å². The molecule has 0 bridgehead atoms. The van der Waals surface area contributed by atoms with Crippen LogP contribution in [0, 0.1) is 0 Å². The summed E-state index contributed by atoms with van der Waals surface area (Å²) in [6.45, 7) is 4.26. The molecule has 2 unspecified atom stereocenters. The molecule has 0 saturated carbocycles. The van der Waals surface area contributed by atoms with Crippen LogP contribution >= 0.6 is 11.5 Å². The molecule has 6 rings (SSSR count). The molecule has 50 heavy (non-hydrogen) atoms. The van der Waals surface area contributed by atoms with E-state index in [0.29, 0.717) is 61.1 Å². The van der Waals surface area contributed by atoms with Gasteiger partial charge in [0.2, 0.25) is 0 Å². The number of rotatable bonds is 7. The third-order valence-electron chi connectivity index (χ3n) is 10.1. The Bertz CT molecular complexity index is 1610. The molecule has 16 heteroatoms. The van der Waals surface area contributed by atoms with Crippen molar-refractivity contribution in [2.24, 2.45) is 0 Å². The van der Waals surface area contributed by atoms with Gasteiger partial charge in [0.15, 0.2) is 0 Å². The zero-order valence-corrected chi connectivity index (χ0v) is 28.0. The second-order valence-corrected chi connectivity index (χ2v) is 13.9. The predicted molar refractivity (Wildman–Crippen MR) is 172 cm³/mol. The number of carbonyl (C=O) groups is 2. The van der Waals surface area contributed by atoms with Gasteiger partial charge in [0.05, 0.1) is 17.7 Å². The van der Waals surface area contributed by atoms with E-state index in [1.54, 1.807) is 4.90 Å². The number of alkyl halides is 6. The van der Waals surface area contributed by atoms with Crippen LogP contribution in [0.1, 0.15) is 68.1 Å². The highest BCUT2D eigenvalue weighted by Crippen LogP contribution is 2.37. The number of hydrogen-bond donors (Lipinski definition) is 1. The first kappa shape index (κ1) is 36.2. The van der Waals surface area contributed by atoms with Crippen LogP contribution in [-0.2, 0) is 25.4 Å². The van der Waals surface area contributed by atoms with Crippen molar-refractivity contribution < 1.29 is 41.0 Å². The zero-order valence-electron chi connectivity index (χ0n) is 27.2. The molecule has 270 valence electrons. The molecule has 1 aromatic heterocycles. The van der Waals surface area contributed by atoms with Crippen LogP contribution in [0.25, 0.3) is 0 Å². The fourth-order valence-corrected chi connectivity index (χ4v) is 8.11. The van der Waals surface area contributed by atoms with E-state index in [4.69, 9.17) is 0 Å². The number of aliphatic hydroxyl groups excluding tert-OH is 1. The molecular weight excluding hydrogens is 686 g/mol. The quantitative estimate of drug-likeness (QED) is 0.335. The number of amides is 2. The van der Waals surface area contributed by atoms with Gasteiger partial charge in [-0.05, 0) is 67.4 Å². The third-order valence-corrected chi connectivity index (χ3v) is 10.9. The lowest BCUT2D eigenvalue weighted by Crippen LogP contribution is -2.58. The van der Waals surface area contributed by atoms with Crippen LogP contribution in [0.3, 0.4) is 0 Å². The number of carbonyl (C=O) groups excluding carboxylic acids is 2. The summed E-state index contributed by atoms with van der Waals surface area (Å²) in [6.07, 6.45) is -6.96. The van der Waals surface area contributed by atoms with Crippen molar-refractivity contribution in [3.05, 3.63) is 81.4 Å². The molecule has 3 aliphatic rings. The van der Waals surface area contributed by atoms with Crippen molar-refractivity contribution in [3.63, 3.8) is 0 Å². The first-order valence-corrected chi connectivity index (χ1v) is 17.4. The number of piperazine rings is 1. The molecule has 1 N–H and O–H groups in total. The van der Waals surface area contributed by atoms with E-state index in [0.717, 1.165) is 56.1 Å². The van der Waals surface area contributed by atoms with E-state index in [9.17, 15) is 41.0 Å². The van der Waals surface area contributed by atoms with Crippen LogP contribution in [0.4, 0.5) is 26.3 Å². The van der Waals surface area contributed by atoms with Crippen molar-refractivity contribution in [1.29, 1.82) is 0 Å². The Morgan fingerprint density at radius 2 is 1.36 bits per heavy atom. The minimum Gasteiger partial charge on any atom is -0.390 e. The van der Waals surface area contributed by atoms with Crippen LogP contribution in [0.15, 0.2) is 48.5 Å². The van der Waals surface area contributed by atoms with Crippen molar-refractivity contribution in [2.75, 3.05) is 45.8 Å². The van der Waals surface area contributed by atoms with Crippen LogP contribution in [0.5, 0.6) is 0 Å². The van der Waals surface area contributed by atoms with Gasteiger partial charge in [-0.1, -0.05) is 34.8 Å². The molecule has 3 fully saturated rings. The van der Waals surface area contributed by atoms with Gasteiger partial charge < -0.3 is 14.9 Å². The van der Waals surface area contributed by atoms with Crippen molar-refractivity contribution in [2.45, 2.75) is 69.2 Å². The summed E-state index contributed by atoms with van der Waals surface area (Å²) in [4.78, 5) is 35.1. The van der Waals surface area contributed by atoms with Crippen molar-refractivity contribution >= 4 is 23.3 Å². The van der Waals surface area contributed by atoms with Gasteiger partial charge in [-0.15, -0.1) is 5.10 Å². The Morgan fingerprint density at radius 3 is 1.94 bits per heavy atom. The molecule has 2 aromatic carbocycles. The molecule has 4 heterocycles. The normalized spacial score (nSPS) is 21.8. The molecule has 3 aromatic rings. The largest absolute Gasteiger partial charge is 0.416 e. The highest BCUT2D eigenvalue weighted by Gasteiger charge is 2.41. The van der Waals surface area contributed by atoms with Gasteiger partial charge in [0, 0.05) is 69.5 Å². The molecular formula is C34H38F6N6O3S. The molecule has 3 aliphatic heterocycles. The maximum Gasteiger partial charge on any atom is 0.416 e. The van der Waals surface area contributed by atoms with E-state index in [-0.39, 0.29) is 31.2 Å². The van der Waals surface area contributed by atoms with Gasteiger partial charge >= 0.3 is 12.4 Å². The fourth-order valence-electron chi connectivity index (χ4n) is 7.47. The number of nitrogens with zero attached hydrogens (tertiary/aromatic N) is 6. The molecule has 9 nitrogen and oxygen atoms in total. The second-order valence-electron chi connectivity index (χ2n) is 13.1. The summed E-state index contributed by atoms with van der Waals surface area (Å²) >= 11 is 0.990. The molecule has 0 spiro atoms. The SMILES string of the molecule is O=C(c1snnc1CO)N1CCC(N2CCN(C3CCN(C(=O)c4cc(C(F)(F)F)cc(C(F)(F)F)c4)C(Cc4ccccc4)C3)CC2)CC1. The fraction of sp³-hybridized carbons (Fsp3) is 0.529. The number of aliphatic hydroxyl groups is 1. The minimum absolute atomic E-state index is 0.0429. The maximum atomic E-state index is 13.8. The molecule has 2 amide bonds. The van der Waals surface area contributed by atoms with Gasteiger partial charge in [0.25, 0.3) is 11.8 Å². The Morgan fingerprint density at radius 1 is 0.780 bits per heavy atom. The number of likely N-dealkylation sites (tertiary alicyclic amines) is 2. The van der Waals surface area contributed by atoms with Gasteiger partial charge in [0.1, 0.15) is 10.6 Å². The molecule has 0 aliphatic carbocycles. The van der Waals surface area contributed by atoms with Crippen LogP contribution in [-0.4, -0.2) is 110 Å². The van der Waals surface area contributed by atoms with Gasteiger partial charge in [-0.25, -0.2) is 0 Å². The highest BCUT2D eigenvalue weighted by atomic mass is 32.1. The summed E-state index contributed by atoms with van der Waals surface area (Å²) in [5.41, 5.74) is -2.42. The average Bonchev–Trinajstić information content (AvgIpc) is 3.60. The highest BCUT2D eigenvalue weighted by molar-refractivity contribution is 7.08. The Kier molecular flexibility index (Phi) is 10.8. The minimum atomic E-state index is -5.05. The van der Waals surface area contributed by atoms with Crippen LogP contribution in [0.2, 0.25) is 0 Å². The van der Waals surface area contributed by atoms with E-state index in [1.807, 2.05) is 30.3 Å². The lowest BCUT2D eigenvalue weighted by atomic mass is 9.90. The van der Waals surface area contributed by atoms with Gasteiger partial charge in [-0.3, -0.25) is 19.4 Å². The smallest absolute Gasteiger partial charge is 0.390 e. The average molecular weight is 725 g/mol. The summed E-state index contributed by atoms with van der Waals surface area (Å²) in [5, 5.41) is 13.3. The Balaban J connectivity index is 1.10. The standard InChI is InChI=1S/C34H38F6N6O3S/c35-33(36,37)24-17-23(18-25(19-24)34(38,39)40)31(48)46-11-8-27(20-28(46)16-22-4-2-1-3-5-22)44-14-12-43(13-15-44)26-6-9-45(10-7-26)32(49)30-29(21-47)41-42-50-30/h1-5,17-19,26-28,47H,6-16,20-21H2. The molecule has 0 radical (unpaired) electrons. The summed E-state index contributed by atoms with van der Waals surface area (Å²) in [6, 6.07) is 10.4. The molecule has 2 atom stereocenters. The lowest BCUT2D eigenvalue weighted by molar-refractivity contribution is -0.143. The third kappa shape index (κ3) is 8.13. The predicted octanol–water partition coefficient (Wildman–Crippen LogP) is 5.21. The lowest BCUT2D eigenvalue weighted by Gasteiger charge is -2.48. The summed E-state index contributed by atoms with van der Waals surface area (Å²) in [5.74, 6) is -0.995. The van der Waals surface area contributed by atoms with E-state index >= 15 is 0 Å². The number of hydrogen-bond acceptors (Lipinski definition) is 8. The first-order valence-electron chi connectivity index (χ1n) is 16.7. The number of halogens is 6. The summed E-state index contributed by atoms with van der Waals surface area (Å²) < 4.78 is 85.4. The van der Waals surface area contributed by atoms with E-state index in [2.05, 4.69) is 19.4 Å². The number of aromatic nitrogens is 2. The number of benzene rings is 2. The monoisotopic (exact) mass is 724 g/mol. The first-order chi connectivity index (χ1) is 23.8. The topological polar surface area (TPSA) is 93.1 Å². The summed E-state index contributed by atoms with van der Waals surface area (Å²) in [7, 11) is 0. The van der Waals surface area contributed by atoms with Crippen molar-refractivity contribution in [1.82, 2.24) is 29.2 Å². The van der Waals surface area contributed by atoms with E-state index in [1.165, 1.54) is 4.90 Å². The maximum absolute atomic E-state index is 13.8. The second kappa shape index (κ2) is 14.9. The Labute approximate surface area is 289 Å². The van der Waals surface area contributed by atoms with Crippen LogP contribution < -0.4 is 0 Å². The Hall–Kier alpha value is -3.60. The number of piperidine rings is 2. The zero-order chi connectivity index (χ0) is 35.6. The van der Waals surface area contributed by atoms with Gasteiger partial charge in [-0.2, -0.15) is 26.3 Å². The molecule has 3 saturated heterocycles. The van der Waals surface area contributed by atoms with E-state index < -0.39 is 41.0 Å².